The molecule has 0 radical (unpaired) electrons. The lowest BCUT2D eigenvalue weighted by molar-refractivity contribution is -0.0199. The molecule has 2 atom stereocenters. The third-order valence-corrected chi connectivity index (χ3v) is 5.14. The van der Waals surface area contributed by atoms with E-state index in [9.17, 15) is 9.59 Å². The quantitative estimate of drug-likeness (QED) is 0.777. The monoisotopic (exact) mass is 337 g/mol. The van der Waals surface area contributed by atoms with Gasteiger partial charge in [0.1, 0.15) is 0 Å². The van der Waals surface area contributed by atoms with Gasteiger partial charge >= 0.3 is 12.1 Å². The van der Waals surface area contributed by atoms with Crippen molar-refractivity contribution in [2.75, 3.05) is 14.1 Å². The maximum atomic E-state index is 13.0. The molecule has 0 aromatic heterocycles. The van der Waals surface area contributed by atoms with Crippen LogP contribution in [-0.4, -0.2) is 36.0 Å². The number of carbonyl (C=O) groups excluding carboxylic acids is 2. The van der Waals surface area contributed by atoms with Gasteiger partial charge in [-0.15, -0.1) is 0 Å². The Balaban J connectivity index is 2.06. The maximum absolute atomic E-state index is 13.0. The molecule has 0 saturated carbocycles. The Morgan fingerprint density at radius 2 is 1.24 bits per heavy atom. The summed E-state index contributed by atoms with van der Waals surface area (Å²) in [6.45, 7) is 0. The molecule has 0 spiro atoms. The van der Waals surface area contributed by atoms with Gasteiger partial charge in [-0.3, -0.25) is 15.2 Å². The van der Waals surface area contributed by atoms with Gasteiger partial charge in [-0.1, -0.05) is 60.7 Å². The number of hydrogen-bond acceptors (Lipinski definition) is 3. The highest BCUT2D eigenvalue weighted by molar-refractivity contribution is 5.85. The van der Waals surface area contributed by atoms with Gasteiger partial charge in [0.2, 0.25) is 0 Å². The number of carbonyl (C=O) groups is 2. The molecule has 2 heterocycles. The molecule has 2 saturated heterocycles. The zero-order valence-corrected chi connectivity index (χ0v) is 14.0. The highest BCUT2D eigenvalue weighted by Gasteiger charge is 2.69. The van der Waals surface area contributed by atoms with Crippen LogP contribution >= 0.6 is 0 Å². The predicted octanol–water partition coefficient (Wildman–Crippen LogP) is 1.51. The third kappa shape index (κ3) is 1.78. The minimum Gasteiger partial charge on any atom is -0.306 e. The summed E-state index contributed by atoms with van der Waals surface area (Å²) in [4.78, 5) is 28.4. The van der Waals surface area contributed by atoms with Crippen molar-refractivity contribution in [3.8, 4) is 0 Å². The van der Waals surface area contributed by atoms with Crippen molar-refractivity contribution in [2.45, 2.75) is 11.3 Å². The Kier molecular flexibility index (Phi) is 3.23. The number of hydrazine groups is 1. The number of likely N-dealkylation sites (N-methyl/N-ethyl adjacent to an activating group) is 2. The Labute approximate surface area is 145 Å². The second kappa shape index (κ2) is 5.22. The molecule has 7 nitrogen and oxygen atoms in total. The van der Waals surface area contributed by atoms with Gasteiger partial charge < -0.3 is 5.32 Å². The van der Waals surface area contributed by atoms with Crippen molar-refractivity contribution in [1.29, 1.82) is 0 Å². The molecule has 4 rings (SSSR count). The van der Waals surface area contributed by atoms with E-state index < -0.39 is 17.4 Å². The van der Waals surface area contributed by atoms with Gasteiger partial charge in [0.05, 0.1) is 0 Å². The van der Waals surface area contributed by atoms with Crippen LogP contribution in [-0.2, 0) is 11.3 Å². The van der Waals surface area contributed by atoms with E-state index in [-0.39, 0.29) is 6.03 Å². The average Bonchev–Trinajstić information content (AvgIpc) is 2.83. The Morgan fingerprint density at radius 1 is 0.760 bits per heavy atom. The molecule has 0 unspecified atom stereocenters. The van der Waals surface area contributed by atoms with E-state index in [2.05, 4.69) is 16.2 Å². The first-order valence-corrected chi connectivity index (χ1v) is 8.02. The largest absolute Gasteiger partial charge is 0.331 e. The lowest BCUT2D eigenvalue weighted by Crippen LogP contribution is -2.79. The van der Waals surface area contributed by atoms with Crippen LogP contribution < -0.4 is 16.2 Å². The Hall–Kier alpha value is -3.06. The molecular formula is C18H19N5O2. The lowest BCUT2D eigenvalue weighted by atomic mass is 9.80. The Morgan fingerprint density at radius 3 is 1.80 bits per heavy atom. The Bertz CT molecular complexity index is 828. The van der Waals surface area contributed by atoms with Crippen molar-refractivity contribution < 1.29 is 9.59 Å². The summed E-state index contributed by atoms with van der Waals surface area (Å²) >= 11 is 0. The van der Waals surface area contributed by atoms with Gasteiger partial charge in [-0.25, -0.2) is 9.59 Å². The van der Waals surface area contributed by atoms with Gasteiger partial charge in [0.25, 0.3) is 0 Å². The highest BCUT2D eigenvalue weighted by atomic mass is 16.2. The summed E-state index contributed by atoms with van der Waals surface area (Å²) in [6.07, 6.45) is 0. The number of benzene rings is 2. The molecule has 0 aliphatic carbocycles. The van der Waals surface area contributed by atoms with Crippen molar-refractivity contribution >= 4 is 12.1 Å². The van der Waals surface area contributed by atoms with E-state index in [0.29, 0.717) is 0 Å². The zero-order chi connectivity index (χ0) is 17.7. The second-order valence-corrected chi connectivity index (χ2v) is 6.26. The molecule has 4 amide bonds. The first-order chi connectivity index (χ1) is 12.0. The summed E-state index contributed by atoms with van der Waals surface area (Å²) in [6, 6.07) is 18.5. The van der Waals surface area contributed by atoms with Gasteiger partial charge in [-0.05, 0) is 5.56 Å². The van der Waals surface area contributed by atoms with Crippen LogP contribution in [0.5, 0.6) is 0 Å². The standard InChI is InChI=1S/C18H19N5O2/c1-22-16(25)23(2)18(14-11-7-4-8-12-14)17(22,19-15(24)20-21-18)13-9-5-3-6-10-13/h3-12,21H,1-2H3,(H2,19,20,24)/t17-,18+/m0/s1. The van der Waals surface area contributed by atoms with Crippen LogP contribution in [0.1, 0.15) is 11.1 Å². The van der Waals surface area contributed by atoms with E-state index >= 15 is 0 Å². The van der Waals surface area contributed by atoms with E-state index in [0.717, 1.165) is 11.1 Å². The number of amides is 4. The van der Waals surface area contributed by atoms with Crippen LogP contribution in [0.25, 0.3) is 0 Å². The number of hydrogen-bond donors (Lipinski definition) is 3. The van der Waals surface area contributed by atoms with E-state index in [1.165, 1.54) is 0 Å². The van der Waals surface area contributed by atoms with E-state index in [1.54, 1.807) is 23.9 Å². The van der Waals surface area contributed by atoms with Crippen molar-refractivity contribution in [3.05, 3.63) is 71.8 Å². The molecule has 2 aliphatic rings. The molecule has 3 N–H and O–H groups in total. The van der Waals surface area contributed by atoms with Crippen molar-refractivity contribution in [3.63, 3.8) is 0 Å². The third-order valence-electron chi connectivity index (χ3n) is 5.14. The number of rotatable bonds is 2. The summed E-state index contributed by atoms with van der Waals surface area (Å²) in [5.41, 5.74) is 5.28. The summed E-state index contributed by atoms with van der Waals surface area (Å²) in [7, 11) is 3.42. The molecule has 2 aromatic rings. The molecular weight excluding hydrogens is 318 g/mol. The molecule has 7 heteroatoms. The zero-order valence-electron chi connectivity index (χ0n) is 14.0. The normalized spacial score (nSPS) is 28.4. The summed E-state index contributed by atoms with van der Waals surface area (Å²) in [5.74, 6) is 0. The van der Waals surface area contributed by atoms with E-state index in [4.69, 9.17) is 0 Å². The maximum Gasteiger partial charge on any atom is 0.331 e. The van der Waals surface area contributed by atoms with Crippen molar-refractivity contribution in [2.24, 2.45) is 0 Å². The predicted molar refractivity (Wildman–Crippen MR) is 92.0 cm³/mol. The minimum atomic E-state index is -1.11. The summed E-state index contributed by atoms with van der Waals surface area (Å²) in [5, 5.41) is 3.01. The fourth-order valence-corrected chi connectivity index (χ4v) is 4.00. The van der Waals surface area contributed by atoms with Crippen LogP contribution in [0.3, 0.4) is 0 Å². The van der Waals surface area contributed by atoms with Gasteiger partial charge in [0, 0.05) is 19.7 Å². The molecule has 128 valence electrons. The smallest absolute Gasteiger partial charge is 0.306 e. The second-order valence-electron chi connectivity index (χ2n) is 6.26. The first kappa shape index (κ1) is 15.5. The molecule has 2 aromatic carbocycles. The van der Waals surface area contributed by atoms with Gasteiger partial charge in [-0.2, -0.15) is 5.43 Å². The summed E-state index contributed by atoms with van der Waals surface area (Å²) < 4.78 is 0. The lowest BCUT2D eigenvalue weighted by Gasteiger charge is -2.52. The molecule has 0 bridgehead atoms. The average molecular weight is 337 g/mol. The number of fused-ring (bicyclic) bond motifs is 1. The van der Waals surface area contributed by atoms with Crippen LogP contribution in [0, 0.1) is 0 Å². The topological polar surface area (TPSA) is 76.7 Å². The number of nitrogens with one attached hydrogen (secondary N) is 3. The SMILES string of the molecule is CN1C(=O)N(C)[C@]2(c3ccccc3)NC(=O)NN[C@]12c1ccccc1. The molecule has 2 aliphatic heterocycles. The van der Waals surface area contributed by atoms with Crippen LogP contribution in [0.15, 0.2) is 60.7 Å². The fourth-order valence-electron chi connectivity index (χ4n) is 4.00. The number of nitrogens with zero attached hydrogens (tertiary/aromatic N) is 2. The van der Waals surface area contributed by atoms with Crippen molar-refractivity contribution in [1.82, 2.24) is 26.0 Å². The van der Waals surface area contributed by atoms with Crippen LogP contribution in [0.4, 0.5) is 9.59 Å². The number of urea groups is 2. The molecule has 25 heavy (non-hydrogen) atoms. The molecule has 2 fully saturated rings. The highest BCUT2D eigenvalue weighted by Crippen LogP contribution is 2.50. The minimum absolute atomic E-state index is 0.204. The van der Waals surface area contributed by atoms with Crippen LogP contribution in [0.2, 0.25) is 0 Å². The fraction of sp³-hybridized carbons (Fsp3) is 0.222. The first-order valence-electron chi connectivity index (χ1n) is 8.02. The van der Waals surface area contributed by atoms with Gasteiger partial charge in [0.15, 0.2) is 11.3 Å². The van der Waals surface area contributed by atoms with E-state index in [1.807, 2.05) is 60.7 Å².